The number of nitrogens with one attached hydrogen (secondary N) is 2. The van der Waals surface area contributed by atoms with Crippen molar-refractivity contribution in [3.63, 3.8) is 0 Å². The molecule has 0 saturated heterocycles. The van der Waals surface area contributed by atoms with Crippen molar-refractivity contribution in [3.05, 3.63) is 16.2 Å². The van der Waals surface area contributed by atoms with Crippen molar-refractivity contribution < 1.29 is 13.3 Å². The summed E-state index contributed by atoms with van der Waals surface area (Å²) in [6.07, 6.45) is 0. The first kappa shape index (κ1) is 13.6. The molecular weight excluding hydrogens is 316 g/mol. The van der Waals surface area contributed by atoms with Crippen LogP contribution in [-0.2, 0) is 10.0 Å². The molecule has 0 aliphatic carbocycles. The zero-order valence-corrected chi connectivity index (χ0v) is 11.7. The van der Waals surface area contributed by atoms with Gasteiger partial charge in [-0.2, -0.15) is 0 Å². The SMILES string of the molecule is CNc1sc(S(=O)(=O)Nc2nnns2)cc1[N+](=O)[O-]. The maximum absolute atomic E-state index is 12.0. The molecular formula is C6H6N6O4S3. The van der Waals surface area contributed by atoms with E-state index in [2.05, 4.69) is 24.8 Å². The maximum Gasteiger partial charge on any atom is 0.304 e. The Kier molecular flexibility index (Phi) is 3.59. The molecule has 0 saturated carbocycles. The second kappa shape index (κ2) is 5.02. The third-order valence-corrected chi connectivity index (χ3v) is 5.49. The lowest BCUT2D eigenvalue weighted by atomic mass is 10.5. The van der Waals surface area contributed by atoms with Gasteiger partial charge in [0, 0.05) is 24.6 Å². The summed E-state index contributed by atoms with van der Waals surface area (Å²) in [5.41, 5.74) is -0.303. The Morgan fingerprint density at radius 3 is 2.68 bits per heavy atom. The molecule has 0 spiro atoms. The molecule has 13 heteroatoms. The lowest BCUT2D eigenvalue weighted by Gasteiger charge is -1.99. The van der Waals surface area contributed by atoms with Crippen LogP contribution in [-0.4, -0.2) is 35.2 Å². The number of sulfonamides is 1. The molecule has 0 atom stereocenters. The van der Waals surface area contributed by atoms with Gasteiger partial charge in [0.15, 0.2) is 5.00 Å². The topological polar surface area (TPSA) is 140 Å². The van der Waals surface area contributed by atoms with Gasteiger partial charge in [-0.1, -0.05) is 20.9 Å². The zero-order chi connectivity index (χ0) is 14.0. The highest BCUT2D eigenvalue weighted by molar-refractivity contribution is 7.95. The first-order valence-corrected chi connectivity index (χ1v) is 7.65. The molecule has 2 rings (SSSR count). The number of nitro groups is 1. The normalized spacial score (nSPS) is 11.2. The summed E-state index contributed by atoms with van der Waals surface area (Å²) in [5.74, 6) is 0. The van der Waals surface area contributed by atoms with E-state index in [0.717, 1.165) is 28.9 Å². The second-order valence-corrected chi connectivity index (χ2v) is 6.75. The number of rotatable bonds is 5. The van der Waals surface area contributed by atoms with Crippen LogP contribution in [0.3, 0.4) is 0 Å². The quantitative estimate of drug-likeness (QED) is 0.607. The molecule has 0 aromatic carbocycles. The van der Waals surface area contributed by atoms with Crippen LogP contribution in [0.2, 0.25) is 0 Å². The molecule has 0 fully saturated rings. The van der Waals surface area contributed by atoms with Gasteiger partial charge in [0.05, 0.1) is 4.92 Å². The van der Waals surface area contributed by atoms with Crippen molar-refractivity contribution in [1.29, 1.82) is 0 Å². The lowest BCUT2D eigenvalue weighted by molar-refractivity contribution is -0.383. The Morgan fingerprint density at radius 1 is 1.47 bits per heavy atom. The molecule has 0 aliphatic heterocycles. The number of hydrogen-bond donors (Lipinski definition) is 2. The van der Waals surface area contributed by atoms with Crippen LogP contribution in [0.4, 0.5) is 15.8 Å². The Balaban J connectivity index is 2.38. The van der Waals surface area contributed by atoms with Crippen LogP contribution >= 0.6 is 22.9 Å². The van der Waals surface area contributed by atoms with Gasteiger partial charge < -0.3 is 5.32 Å². The molecule has 102 valence electrons. The second-order valence-electron chi connectivity index (χ2n) is 3.06. The summed E-state index contributed by atoms with van der Waals surface area (Å²) < 4.78 is 29.3. The van der Waals surface area contributed by atoms with Gasteiger partial charge in [0.25, 0.3) is 10.0 Å². The molecule has 0 unspecified atom stereocenters. The van der Waals surface area contributed by atoms with Gasteiger partial charge >= 0.3 is 5.69 Å². The molecule has 0 aliphatic rings. The monoisotopic (exact) mass is 322 g/mol. The number of nitrogens with zero attached hydrogens (tertiary/aromatic N) is 4. The molecule has 2 aromatic heterocycles. The highest BCUT2D eigenvalue weighted by Crippen LogP contribution is 2.37. The van der Waals surface area contributed by atoms with Crippen molar-refractivity contribution >= 4 is 48.7 Å². The van der Waals surface area contributed by atoms with Crippen molar-refractivity contribution in [2.75, 3.05) is 17.1 Å². The summed E-state index contributed by atoms with van der Waals surface area (Å²) in [6, 6.07) is 0.979. The van der Waals surface area contributed by atoms with Gasteiger partial charge in [-0.3, -0.25) is 14.8 Å². The standard InChI is InChI=1S/C6H6N6O4S3/c1-7-5-3(12(13)14)2-4(17-5)19(15,16)9-6-8-10-11-18-6/h2,7H,1H3,(H,8,9,11). The molecule has 0 amide bonds. The third kappa shape index (κ3) is 2.77. The minimum absolute atomic E-state index is 0.0120. The van der Waals surface area contributed by atoms with E-state index in [1.807, 2.05) is 0 Å². The van der Waals surface area contributed by atoms with Gasteiger partial charge in [-0.15, -0.1) is 0 Å². The van der Waals surface area contributed by atoms with E-state index >= 15 is 0 Å². The average molecular weight is 322 g/mol. The molecule has 0 radical (unpaired) electrons. The molecule has 0 bridgehead atoms. The fourth-order valence-electron chi connectivity index (χ4n) is 1.15. The van der Waals surface area contributed by atoms with Gasteiger partial charge in [-0.25, -0.2) is 8.42 Å². The van der Waals surface area contributed by atoms with E-state index in [1.54, 1.807) is 0 Å². The van der Waals surface area contributed by atoms with Crippen molar-refractivity contribution in [2.24, 2.45) is 0 Å². The predicted molar refractivity (Wildman–Crippen MR) is 69.0 cm³/mol. The fourth-order valence-corrected chi connectivity index (χ4v) is 4.01. The molecule has 2 N–H and O–H groups in total. The molecule has 2 aromatic rings. The van der Waals surface area contributed by atoms with Crippen LogP contribution in [0.5, 0.6) is 0 Å². The molecule has 19 heavy (non-hydrogen) atoms. The molecule has 10 nitrogen and oxygen atoms in total. The number of hydrogen-bond acceptors (Lipinski definition) is 10. The minimum Gasteiger partial charge on any atom is -0.374 e. The molecule has 2 heterocycles. The number of anilines is 2. The summed E-state index contributed by atoms with van der Waals surface area (Å²) in [6.45, 7) is 0. The van der Waals surface area contributed by atoms with E-state index in [4.69, 9.17) is 0 Å². The maximum atomic E-state index is 12.0. The number of thiophene rings is 1. The average Bonchev–Trinajstić information content (AvgIpc) is 2.95. The van der Waals surface area contributed by atoms with E-state index in [1.165, 1.54) is 7.05 Å². The Bertz CT molecular complexity index is 693. The summed E-state index contributed by atoms with van der Waals surface area (Å²) >= 11 is 1.51. The van der Waals surface area contributed by atoms with Crippen LogP contribution in [0.25, 0.3) is 0 Å². The highest BCUT2D eigenvalue weighted by atomic mass is 32.2. The van der Waals surface area contributed by atoms with E-state index in [-0.39, 0.29) is 20.0 Å². The van der Waals surface area contributed by atoms with Gasteiger partial charge in [-0.05, 0) is 5.21 Å². The Morgan fingerprint density at radius 2 is 2.21 bits per heavy atom. The van der Waals surface area contributed by atoms with Crippen molar-refractivity contribution in [1.82, 2.24) is 14.8 Å². The smallest absolute Gasteiger partial charge is 0.304 e. The summed E-state index contributed by atoms with van der Waals surface area (Å²) in [4.78, 5) is 10.1. The first-order chi connectivity index (χ1) is 8.94. The summed E-state index contributed by atoms with van der Waals surface area (Å²) in [7, 11) is -2.47. The Labute approximate surface area is 114 Å². The van der Waals surface area contributed by atoms with Crippen LogP contribution in [0.1, 0.15) is 0 Å². The van der Waals surface area contributed by atoms with Crippen molar-refractivity contribution in [2.45, 2.75) is 4.21 Å². The predicted octanol–water partition coefficient (Wildman–Crippen LogP) is 0.745. The highest BCUT2D eigenvalue weighted by Gasteiger charge is 2.26. The van der Waals surface area contributed by atoms with Gasteiger partial charge in [0.1, 0.15) is 4.21 Å². The zero-order valence-electron chi connectivity index (χ0n) is 9.22. The number of aromatic nitrogens is 3. The van der Waals surface area contributed by atoms with Crippen molar-refractivity contribution in [3.8, 4) is 0 Å². The van der Waals surface area contributed by atoms with Crippen LogP contribution in [0.15, 0.2) is 10.3 Å². The van der Waals surface area contributed by atoms with Gasteiger partial charge in [0.2, 0.25) is 5.13 Å². The lowest BCUT2D eigenvalue weighted by Crippen LogP contribution is -2.11. The van der Waals surface area contributed by atoms with E-state index in [0.29, 0.717) is 0 Å². The van der Waals surface area contributed by atoms with Crippen LogP contribution < -0.4 is 10.0 Å². The Hall–Kier alpha value is -1.86. The third-order valence-electron chi connectivity index (χ3n) is 1.90. The summed E-state index contributed by atoms with van der Waals surface area (Å²) in [5, 5.41) is 20.2. The van der Waals surface area contributed by atoms with E-state index < -0.39 is 14.9 Å². The first-order valence-electron chi connectivity index (χ1n) is 4.58. The van der Waals surface area contributed by atoms with Crippen LogP contribution in [0, 0.1) is 10.1 Å². The van der Waals surface area contributed by atoms with E-state index in [9.17, 15) is 18.5 Å². The minimum atomic E-state index is -3.94. The fraction of sp³-hybridized carbons (Fsp3) is 0.167. The largest absolute Gasteiger partial charge is 0.374 e.